The Balaban J connectivity index is 1.44. The second kappa shape index (κ2) is 10.5. The van der Waals surface area contributed by atoms with Crippen LogP contribution in [0.5, 0.6) is 0 Å². The zero-order valence-electron chi connectivity index (χ0n) is 19.4. The molecule has 3 aromatic carbocycles. The van der Waals surface area contributed by atoms with E-state index in [2.05, 4.69) is 15.5 Å². The van der Waals surface area contributed by atoms with Crippen LogP contribution in [0.2, 0.25) is 0 Å². The van der Waals surface area contributed by atoms with Crippen LogP contribution in [-0.2, 0) is 22.7 Å². The largest absolute Gasteiger partial charge is 0.416 e. The molecule has 0 unspecified atom stereocenters. The number of halogens is 3. The van der Waals surface area contributed by atoms with E-state index in [9.17, 15) is 26.4 Å². The van der Waals surface area contributed by atoms with Gasteiger partial charge in [0, 0.05) is 24.2 Å². The molecule has 0 bridgehead atoms. The first-order chi connectivity index (χ1) is 17.6. The van der Waals surface area contributed by atoms with Crippen LogP contribution >= 0.6 is 0 Å². The summed E-state index contributed by atoms with van der Waals surface area (Å²) in [5.41, 5.74) is 0.405. The molecule has 0 fully saturated rings. The normalized spacial score (nSPS) is 12.0. The Morgan fingerprint density at radius 3 is 2.19 bits per heavy atom. The van der Waals surface area contributed by atoms with Gasteiger partial charge in [-0.05, 0) is 54.1 Å². The minimum Gasteiger partial charge on any atom is -0.403 e. The molecule has 0 aliphatic heterocycles. The number of nitrogens with zero attached hydrogens (tertiary/aromatic N) is 3. The number of alkyl halides is 3. The predicted octanol–water partition coefficient (Wildman–Crippen LogP) is 5.22. The Morgan fingerprint density at radius 1 is 0.946 bits per heavy atom. The molecular formula is C25H21F3N4O4S. The molecule has 0 spiro atoms. The van der Waals surface area contributed by atoms with Crippen molar-refractivity contribution in [1.29, 1.82) is 0 Å². The van der Waals surface area contributed by atoms with E-state index in [0.717, 1.165) is 17.7 Å². The highest BCUT2D eigenvalue weighted by molar-refractivity contribution is 7.89. The third kappa shape index (κ3) is 6.04. The fourth-order valence-electron chi connectivity index (χ4n) is 3.44. The lowest BCUT2D eigenvalue weighted by Crippen LogP contribution is -2.30. The maximum Gasteiger partial charge on any atom is 0.416 e. The predicted molar refractivity (Wildman–Crippen MR) is 129 cm³/mol. The summed E-state index contributed by atoms with van der Waals surface area (Å²) in [5, 5.41) is 9.81. The first kappa shape index (κ1) is 26.0. The van der Waals surface area contributed by atoms with Crippen molar-refractivity contribution in [3.63, 3.8) is 0 Å². The number of carbonyl (C=O) groups is 1. The van der Waals surface area contributed by atoms with Gasteiger partial charge in [0.1, 0.15) is 0 Å². The lowest BCUT2D eigenvalue weighted by molar-refractivity contribution is -0.137. The van der Waals surface area contributed by atoms with Crippen LogP contribution in [0.4, 0.5) is 19.2 Å². The van der Waals surface area contributed by atoms with Crippen LogP contribution in [0.15, 0.2) is 88.2 Å². The Kier molecular flexibility index (Phi) is 7.41. The lowest BCUT2D eigenvalue weighted by atomic mass is 10.1. The Morgan fingerprint density at radius 2 is 1.59 bits per heavy atom. The molecule has 1 heterocycles. The maximum absolute atomic E-state index is 13.1. The van der Waals surface area contributed by atoms with E-state index in [1.54, 1.807) is 6.92 Å². The molecule has 0 aliphatic carbocycles. The Hall–Kier alpha value is -4.03. The van der Waals surface area contributed by atoms with E-state index in [-0.39, 0.29) is 41.0 Å². The molecule has 37 heavy (non-hydrogen) atoms. The maximum atomic E-state index is 13.1. The fourth-order valence-corrected chi connectivity index (χ4v) is 4.88. The number of anilines is 1. The number of benzene rings is 3. The summed E-state index contributed by atoms with van der Waals surface area (Å²) in [5.74, 6) is -0.716. The molecule has 4 rings (SSSR count). The Bertz CT molecular complexity index is 1470. The molecule has 8 nitrogen and oxygen atoms in total. The minimum absolute atomic E-state index is 0.0317. The van der Waals surface area contributed by atoms with Gasteiger partial charge in [-0.2, -0.15) is 17.5 Å². The first-order valence-corrected chi connectivity index (χ1v) is 12.5. The van der Waals surface area contributed by atoms with Gasteiger partial charge >= 0.3 is 12.2 Å². The Labute approximate surface area is 210 Å². The van der Waals surface area contributed by atoms with Gasteiger partial charge in [0.25, 0.3) is 5.91 Å². The molecule has 192 valence electrons. The van der Waals surface area contributed by atoms with E-state index in [1.165, 1.54) is 40.7 Å². The third-order valence-electron chi connectivity index (χ3n) is 5.41. The van der Waals surface area contributed by atoms with E-state index < -0.39 is 27.7 Å². The number of nitrogens with one attached hydrogen (secondary N) is 1. The molecule has 12 heteroatoms. The second-order valence-corrected chi connectivity index (χ2v) is 9.82. The highest BCUT2D eigenvalue weighted by atomic mass is 32.2. The van der Waals surface area contributed by atoms with E-state index in [1.807, 2.05) is 30.3 Å². The van der Waals surface area contributed by atoms with Gasteiger partial charge in [0.2, 0.25) is 15.9 Å². The summed E-state index contributed by atoms with van der Waals surface area (Å²) < 4.78 is 71.0. The van der Waals surface area contributed by atoms with Gasteiger partial charge in [0.15, 0.2) is 0 Å². The number of hydrogen-bond acceptors (Lipinski definition) is 6. The smallest absolute Gasteiger partial charge is 0.403 e. The molecule has 0 radical (unpaired) electrons. The number of rotatable bonds is 8. The van der Waals surface area contributed by atoms with Crippen LogP contribution in [-0.4, -0.2) is 35.4 Å². The standard InChI is InChI=1S/C25H21F3N4O4S/c1-2-32(16-17-6-4-3-5-7-17)37(34,35)21-14-10-18(11-15-21)22(33)29-24-31-30-23(36-24)19-8-12-20(13-9-19)25(26,27)28/h3-15H,2,16H2,1H3,(H,29,31,33). The van der Waals surface area contributed by atoms with Crippen LogP contribution in [0, 0.1) is 0 Å². The molecule has 4 aromatic rings. The minimum atomic E-state index is -4.47. The second-order valence-electron chi connectivity index (χ2n) is 7.88. The summed E-state index contributed by atoms with van der Waals surface area (Å²) in [6, 6.07) is 18.4. The van der Waals surface area contributed by atoms with E-state index in [0.29, 0.717) is 0 Å². The van der Waals surface area contributed by atoms with E-state index in [4.69, 9.17) is 4.42 Å². The summed E-state index contributed by atoms with van der Waals surface area (Å²) in [4.78, 5) is 12.6. The molecule has 1 amide bonds. The molecule has 0 saturated carbocycles. The highest BCUT2D eigenvalue weighted by Gasteiger charge is 2.30. The summed E-state index contributed by atoms with van der Waals surface area (Å²) in [6.45, 7) is 2.21. The zero-order valence-corrected chi connectivity index (χ0v) is 20.3. The topological polar surface area (TPSA) is 105 Å². The monoisotopic (exact) mass is 530 g/mol. The number of hydrogen-bond donors (Lipinski definition) is 1. The van der Waals surface area contributed by atoms with Crippen molar-refractivity contribution >= 4 is 21.9 Å². The first-order valence-electron chi connectivity index (χ1n) is 11.0. The van der Waals surface area contributed by atoms with Crippen molar-refractivity contribution in [2.24, 2.45) is 0 Å². The highest BCUT2D eigenvalue weighted by Crippen LogP contribution is 2.31. The lowest BCUT2D eigenvalue weighted by Gasteiger charge is -2.20. The molecular weight excluding hydrogens is 509 g/mol. The molecule has 0 atom stereocenters. The number of aromatic nitrogens is 2. The van der Waals surface area contributed by atoms with Crippen molar-refractivity contribution in [1.82, 2.24) is 14.5 Å². The summed E-state index contributed by atoms with van der Waals surface area (Å²) >= 11 is 0. The third-order valence-corrected chi connectivity index (χ3v) is 7.35. The van der Waals surface area contributed by atoms with Crippen molar-refractivity contribution in [3.05, 3.63) is 95.6 Å². The van der Waals surface area contributed by atoms with Crippen LogP contribution in [0.25, 0.3) is 11.5 Å². The molecule has 1 aromatic heterocycles. The van der Waals surface area contributed by atoms with Crippen molar-refractivity contribution in [3.8, 4) is 11.5 Å². The number of amides is 1. The fraction of sp³-hybridized carbons (Fsp3) is 0.160. The quantitative estimate of drug-likeness (QED) is 0.335. The van der Waals surface area contributed by atoms with Gasteiger partial charge in [-0.3, -0.25) is 10.1 Å². The van der Waals surface area contributed by atoms with Gasteiger partial charge in [-0.25, -0.2) is 8.42 Å². The average molecular weight is 531 g/mol. The van der Waals surface area contributed by atoms with Gasteiger partial charge in [-0.15, -0.1) is 5.10 Å². The van der Waals surface area contributed by atoms with Crippen LogP contribution < -0.4 is 5.32 Å². The van der Waals surface area contributed by atoms with Crippen LogP contribution in [0.3, 0.4) is 0 Å². The number of sulfonamides is 1. The van der Waals surface area contributed by atoms with Crippen LogP contribution in [0.1, 0.15) is 28.4 Å². The van der Waals surface area contributed by atoms with Gasteiger partial charge in [-0.1, -0.05) is 42.4 Å². The zero-order chi connectivity index (χ0) is 26.6. The van der Waals surface area contributed by atoms with Crippen molar-refractivity contribution < 1.29 is 30.8 Å². The average Bonchev–Trinajstić information content (AvgIpc) is 3.36. The SMILES string of the molecule is CCN(Cc1ccccc1)S(=O)(=O)c1ccc(C(=O)Nc2nnc(-c3ccc(C(F)(F)F)cc3)o2)cc1. The summed E-state index contributed by atoms with van der Waals surface area (Å²) in [6.07, 6.45) is -4.47. The van der Waals surface area contributed by atoms with Gasteiger partial charge < -0.3 is 4.42 Å². The molecule has 1 N–H and O–H groups in total. The number of carbonyl (C=O) groups excluding carboxylic acids is 1. The van der Waals surface area contributed by atoms with Crippen molar-refractivity contribution in [2.75, 3.05) is 11.9 Å². The summed E-state index contributed by atoms with van der Waals surface area (Å²) in [7, 11) is -3.80. The van der Waals surface area contributed by atoms with Crippen molar-refractivity contribution in [2.45, 2.75) is 24.5 Å². The van der Waals surface area contributed by atoms with E-state index >= 15 is 0 Å². The molecule has 0 aliphatic rings. The molecule has 0 saturated heterocycles. The van der Waals surface area contributed by atoms with Gasteiger partial charge in [0.05, 0.1) is 10.5 Å².